The van der Waals surface area contributed by atoms with Gasteiger partial charge in [-0.1, -0.05) is 0 Å². The number of ether oxygens (including phenoxy) is 2. The van der Waals surface area contributed by atoms with Crippen molar-refractivity contribution < 1.29 is 17.9 Å². The van der Waals surface area contributed by atoms with E-state index in [9.17, 15) is 8.42 Å². The molecule has 2 fully saturated rings. The number of piperazine rings is 1. The Hall–Kier alpha value is -2.00. The molecule has 3 rings (SSSR count). The Balaban J connectivity index is 1.50. The van der Waals surface area contributed by atoms with Gasteiger partial charge < -0.3 is 19.7 Å². The van der Waals surface area contributed by atoms with Crippen LogP contribution in [0.15, 0.2) is 23.2 Å². The van der Waals surface area contributed by atoms with E-state index in [0.29, 0.717) is 12.3 Å². The summed E-state index contributed by atoms with van der Waals surface area (Å²) in [6, 6.07) is 5.88. The lowest BCUT2D eigenvalue weighted by Crippen LogP contribution is -2.52. The zero-order valence-electron chi connectivity index (χ0n) is 17.6. The van der Waals surface area contributed by atoms with E-state index < -0.39 is 9.84 Å². The van der Waals surface area contributed by atoms with Crippen molar-refractivity contribution in [3.05, 3.63) is 23.8 Å². The summed E-state index contributed by atoms with van der Waals surface area (Å²) in [4.78, 5) is 9.03. The molecule has 162 valence electrons. The summed E-state index contributed by atoms with van der Waals surface area (Å²) in [5.74, 6) is 3.33. The van der Waals surface area contributed by atoms with Crippen molar-refractivity contribution >= 4 is 15.8 Å². The summed E-state index contributed by atoms with van der Waals surface area (Å²) in [6.45, 7) is 5.04. The van der Waals surface area contributed by atoms with E-state index in [1.165, 1.54) is 0 Å². The van der Waals surface area contributed by atoms with Crippen molar-refractivity contribution in [2.45, 2.75) is 13.0 Å². The van der Waals surface area contributed by atoms with Gasteiger partial charge in [-0.2, -0.15) is 0 Å². The summed E-state index contributed by atoms with van der Waals surface area (Å²) >= 11 is 0. The fraction of sp³-hybridized carbons (Fsp3) is 0.650. The molecule has 1 aromatic rings. The first-order chi connectivity index (χ1) is 13.9. The molecule has 0 radical (unpaired) electrons. The molecule has 1 aromatic carbocycles. The van der Waals surface area contributed by atoms with Crippen LogP contribution in [-0.2, 0) is 16.4 Å². The van der Waals surface area contributed by atoms with E-state index >= 15 is 0 Å². The molecule has 29 heavy (non-hydrogen) atoms. The first-order valence-electron chi connectivity index (χ1n) is 10.0. The maximum atomic E-state index is 11.6. The van der Waals surface area contributed by atoms with Crippen LogP contribution in [0.1, 0.15) is 12.0 Å². The molecule has 0 amide bonds. The molecule has 9 heteroatoms. The smallest absolute Gasteiger partial charge is 0.193 e. The number of nitrogens with one attached hydrogen (secondary N) is 1. The Morgan fingerprint density at radius 3 is 2.55 bits per heavy atom. The van der Waals surface area contributed by atoms with Crippen molar-refractivity contribution in [2.24, 2.45) is 10.9 Å². The number of hydrogen-bond acceptors (Lipinski definition) is 6. The maximum absolute atomic E-state index is 11.6. The molecule has 1 atom stereocenters. The molecule has 2 saturated heterocycles. The fourth-order valence-corrected chi connectivity index (χ4v) is 5.83. The number of rotatable bonds is 6. The molecule has 0 saturated carbocycles. The van der Waals surface area contributed by atoms with Gasteiger partial charge in [-0.25, -0.2) is 8.42 Å². The first-order valence-corrected chi connectivity index (χ1v) is 11.9. The van der Waals surface area contributed by atoms with Crippen molar-refractivity contribution in [3.63, 3.8) is 0 Å². The molecule has 2 aliphatic rings. The third kappa shape index (κ3) is 5.76. The molecule has 2 heterocycles. The second-order valence-electron chi connectivity index (χ2n) is 7.64. The molecule has 0 spiro atoms. The third-order valence-electron chi connectivity index (χ3n) is 5.64. The minimum absolute atomic E-state index is 0.179. The van der Waals surface area contributed by atoms with Gasteiger partial charge in [0.25, 0.3) is 0 Å². The standard InChI is InChI=1S/C20H32N4O4S/c1-21-20(22-13-16-6-11-29(25,26)15-16)24-9-7-23(8-10-24)14-17-12-18(27-2)4-5-19(17)28-3/h4-5,12,16H,6-11,13-15H2,1-3H3,(H,21,22). The van der Waals surface area contributed by atoms with Crippen molar-refractivity contribution in [2.75, 3.05) is 65.5 Å². The van der Waals surface area contributed by atoms with Crippen molar-refractivity contribution in [3.8, 4) is 11.5 Å². The molecule has 0 bridgehead atoms. The summed E-state index contributed by atoms with van der Waals surface area (Å²) in [5, 5.41) is 3.37. The quantitative estimate of drug-likeness (QED) is 0.535. The molecule has 2 aliphatic heterocycles. The monoisotopic (exact) mass is 424 g/mol. The van der Waals surface area contributed by atoms with Gasteiger partial charge in [0.1, 0.15) is 11.5 Å². The topological polar surface area (TPSA) is 83.5 Å². The van der Waals surface area contributed by atoms with E-state index in [1.54, 1.807) is 21.3 Å². The average molecular weight is 425 g/mol. The van der Waals surface area contributed by atoms with Crippen LogP contribution in [0.4, 0.5) is 0 Å². The number of aliphatic imine (C=N–C) groups is 1. The summed E-state index contributed by atoms with van der Waals surface area (Å²) < 4.78 is 34.1. The second-order valence-corrected chi connectivity index (χ2v) is 9.87. The average Bonchev–Trinajstić information content (AvgIpc) is 3.08. The van der Waals surface area contributed by atoms with E-state index in [4.69, 9.17) is 9.47 Å². The molecule has 8 nitrogen and oxygen atoms in total. The third-order valence-corrected chi connectivity index (χ3v) is 7.48. The highest BCUT2D eigenvalue weighted by Gasteiger charge is 2.28. The van der Waals surface area contributed by atoms with Gasteiger partial charge in [0.2, 0.25) is 0 Å². The zero-order valence-corrected chi connectivity index (χ0v) is 18.4. The van der Waals surface area contributed by atoms with Gasteiger partial charge in [-0.15, -0.1) is 0 Å². The van der Waals surface area contributed by atoms with Gasteiger partial charge in [0, 0.05) is 51.9 Å². The summed E-state index contributed by atoms with van der Waals surface area (Å²) in [5.41, 5.74) is 1.12. The number of sulfone groups is 1. The van der Waals surface area contributed by atoms with Crippen LogP contribution in [0.3, 0.4) is 0 Å². The molecule has 1 N–H and O–H groups in total. The van der Waals surface area contributed by atoms with Crippen molar-refractivity contribution in [1.82, 2.24) is 15.1 Å². The van der Waals surface area contributed by atoms with Crippen LogP contribution in [0.5, 0.6) is 11.5 Å². The van der Waals surface area contributed by atoms with E-state index in [-0.39, 0.29) is 11.7 Å². The highest BCUT2D eigenvalue weighted by molar-refractivity contribution is 7.91. The second kappa shape index (κ2) is 9.67. The molecular weight excluding hydrogens is 392 g/mol. The highest BCUT2D eigenvalue weighted by Crippen LogP contribution is 2.25. The number of benzene rings is 1. The predicted octanol–water partition coefficient (Wildman–Crippen LogP) is 0.832. The normalized spacial score (nSPS) is 22.5. The SMILES string of the molecule is CN=C(NCC1CCS(=O)(=O)C1)N1CCN(Cc2cc(OC)ccc2OC)CC1. The van der Waals surface area contributed by atoms with E-state index in [2.05, 4.69) is 20.1 Å². The fourth-order valence-electron chi connectivity index (χ4n) is 3.97. The predicted molar refractivity (Wildman–Crippen MR) is 115 cm³/mol. The van der Waals surface area contributed by atoms with Crippen LogP contribution in [0, 0.1) is 5.92 Å². The van der Waals surface area contributed by atoms with E-state index in [0.717, 1.165) is 62.2 Å². The van der Waals surface area contributed by atoms with Crippen LogP contribution in [0.25, 0.3) is 0 Å². The van der Waals surface area contributed by atoms with Gasteiger partial charge in [-0.05, 0) is 30.5 Å². The molecule has 0 aromatic heterocycles. The Morgan fingerprint density at radius 2 is 1.97 bits per heavy atom. The minimum Gasteiger partial charge on any atom is -0.497 e. The number of methoxy groups -OCH3 is 2. The largest absolute Gasteiger partial charge is 0.497 e. The Bertz CT molecular complexity index is 820. The Kier molecular flexibility index (Phi) is 7.23. The van der Waals surface area contributed by atoms with Gasteiger partial charge in [0.15, 0.2) is 15.8 Å². The summed E-state index contributed by atoms with van der Waals surface area (Å²) in [7, 11) is 2.30. The number of guanidine groups is 1. The number of nitrogens with zero attached hydrogens (tertiary/aromatic N) is 3. The molecule has 0 aliphatic carbocycles. The zero-order chi connectivity index (χ0) is 20.9. The van der Waals surface area contributed by atoms with Crippen LogP contribution < -0.4 is 14.8 Å². The molecule has 1 unspecified atom stereocenters. The maximum Gasteiger partial charge on any atom is 0.193 e. The lowest BCUT2D eigenvalue weighted by Gasteiger charge is -2.37. The van der Waals surface area contributed by atoms with Gasteiger partial charge in [-0.3, -0.25) is 9.89 Å². The Labute approximate surface area is 173 Å². The highest BCUT2D eigenvalue weighted by atomic mass is 32.2. The van der Waals surface area contributed by atoms with Crippen LogP contribution in [0.2, 0.25) is 0 Å². The van der Waals surface area contributed by atoms with Gasteiger partial charge >= 0.3 is 0 Å². The number of hydrogen-bond donors (Lipinski definition) is 1. The van der Waals surface area contributed by atoms with Crippen LogP contribution in [-0.4, -0.2) is 89.7 Å². The van der Waals surface area contributed by atoms with E-state index in [1.807, 2.05) is 18.2 Å². The lowest BCUT2D eigenvalue weighted by atomic mass is 10.1. The van der Waals surface area contributed by atoms with Gasteiger partial charge in [0.05, 0.1) is 25.7 Å². The first kappa shape index (κ1) is 21.7. The molecular formula is C20H32N4O4S. The Morgan fingerprint density at radius 1 is 1.21 bits per heavy atom. The lowest BCUT2D eigenvalue weighted by molar-refractivity contribution is 0.170. The van der Waals surface area contributed by atoms with Crippen LogP contribution >= 0.6 is 0 Å². The summed E-state index contributed by atoms with van der Waals surface area (Å²) in [6.07, 6.45) is 0.739. The van der Waals surface area contributed by atoms with Crippen molar-refractivity contribution in [1.29, 1.82) is 0 Å². The minimum atomic E-state index is -2.84.